The number of aliphatic hydroxyl groups excluding tert-OH is 1. The van der Waals surface area contributed by atoms with Gasteiger partial charge in [-0.15, -0.1) is 0 Å². The van der Waals surface area contributed by atoms with Gasteiger partial charge in [-0.3, -0.25) is 0 Å². The number of amides is 1. The third-order valence-corrected chi connectivity index (χ3v) is 2.03. The molecule has 0 saturated carbocycles. The Balaban J connectivity index is 2.68. The summed E-state index contributed by atoms with van der Waals surface area (Å²) in [5, 5.41) is 8.94. The number of aliphatic hydroxyl groups is 1. The molecule has 1 saturated heterocycles. The van der Waals surface area contributed by atoms with Crippen LogP contribution in [-0.2, 0) is 4.74 Å². The summed E-state index contributed by atoms with van der Waals surface area (Å²) in [6.07, 6.45) is -0.332. The largest absolute Gasteiger partial charge is 0.439 e. The second-order valence-electron chi connectivity index (χ2n) is 3.70. The van der Waals surface area contributed by atoms with Gasteiger partial charge in [0.25, 0.3) is 0 Å². The Morgan fingerprint density at radius 2 is 2.33 bits per heavy atom. The van der Waals surface area contributed by atoms with Gasteiger partial charge in [0.1, 0.15) is 0 Å². The van der Waals surface area contributed by atoms with Crippen LogP contribution in [0.5, 0.6) is 0 Å². The van der Waals surface area contributed by atoms with Crippen molar-refractivity contribution >= 4 is 6.09 Å². The fourth-order valence-electron chi connectivity index (χ4n) is 1.20. The predicted octanol–water partition coefficient (Wildman–Crippen LogP) is 0.598. The quantitative estimate of drug-likeness (QED) is 0.665. The second kappa shape index (κ2) is 2.94. The summed E-state index contributed by atoms with van der Waals surface area (Å²) in [5.74, 6) is 0. The van der Waals surface area contributed by atoms with Gasteiger partial charge < -0.3 is 14.7 Å². The van der Waals surface area contributed by atoms with Crippen molar-refractivity contribution in [1.29, 1.82) is 0 Å². The maximum Gasteiger partial charge on any atom is 0.410 e. The molecule has 0 aromatic carbocycles. The Bertz CT molecular complexity index is 193. The van der Waals surface area contributed by atoms with Gasteiger partial charge in [-0.1, -0.05) is 0 Å². The lowest BCUT2D eigenvalue weighted by molar-refractivity contribution is 0.0218. The van der Waals surface area contributed by atoms with E-state index in [9.17, 15) is 4.79 Å². The molecule has 1 fully saturated rings. The summed E-state index contributed by atoms with van der Waals surface area (Å²) in [7, 11) is 0. The van der Waals surface area contributed by atoms with E-state index >= 15 is 0 Å². The Kier molecular flexibility index (Phi) is 2.28. The lowest BCUT2D eigenvalue weighted by Crippen LogP contribution is -2.37. The van der Waals surface area contributed by atoms with Crippen LogP contribution in [0.25, 0.3) is 0 Å². The monoisotopic (exact) mass is 173 g/mol. The zero-order valence-electron chi connectivity index (χ0n) is 7.70. The van der Waals surface area contributed by atoms with Crippen molar-refractivity contribution in [2.24, 2.45) is 0 Å². The third-order valence-electron chi connectivity index (χ3n) is 2.03. The van der Waals surface area contributed by atoms with E-state index in [0.717, 1.165) is 0 Å². The van der Waals surface area contributed by atoms with Crippen molar-refractivity contribution in [3.8, 4) is 0 Å². The Hall–Kier alpha value is -0.770. The fourth-order valence-corrected chi connectivity index (χ4v) is 1.20. The van der Waals surface area contributed by atoms with Gasteiger partial charge in [-0.25, -0.2) is 4.79 Å². The summed E-state index contributed by atoms with van der Waals surface area (Å²) in [6.45, 7) is 5.92. The molecule has 1 unspecified atom stereocenters. The summed E-state index contributed by atoms with van der Waals surface area (Å²) < 4.78 is 5.01. The van der Waals surface area contributed by atoms with E-state index in [2.05, 4.69) is 0 Å². The Labute approximate surface area is 72.1 Å². The lowest BCUT2D eigenvalue weighted by Gasteiger charge is -2.20. The van der Waals surface area contributed by atoms with Gasteiger partial charge in [0.2, 0.25) is 0 Å². The average Bonchev–Trinajstić information content (AvgIpc) is 2.28. The first kappa shape index (κ1) is 9.32. The Morgan fingerprint density at radius 3 is 2.58 bits per heavy atom. The minimum Gasteiger partial charge on any atom is -0.439 e. The molecule has 1 heterocycles. The van der Waals surface area contributed by atoms with E-state index in [1.807, 2.05) is 13.8 Å². The summed E-state index contributed by atoms with van der Waals surface area (Å²) in [6, 6.07) is 0.130. The molecule has 1 N–H and O–H groups in total. The zero-order valence-corrected chi connectivity index (χ0v) is 7.70. The SMILES string of the molecule is CC(C)N1CC(C)(CO)OC1=O. The maximum absolute atomic E-state index is 11.2. The van der Waals surface area contributed by atoms with E-state index in [1.54, 1.807) is 11.8 Å². The normalized spacial score (nSPS) is 29.8. The number of carbonyl (C=O) groups is 1. The van der Waals surface area contributed by atoms with Crippen LogP contribution in [0, 0.1) is 0 Å². The Morgan fingerprint density at radius 1 is 1.75 bits per heavy atom. The smallest absolute Gasteiger partial charge is 0.410 e. The minimum absolute atomic E-state index is 0.123. The lowest BCUT2D eigenvalue weighted by atomic mass is 10.1. The van der Waals surface area contributed by atoms with Crippen LogP contribution in [0.2, 0.25) is 0 Å². The molecule has 0 radical (unpaired) electrons. The topological polar surface area (TPSA) is 49.8 Å². The van der Waals surface area contributed by atoms with E-state index in [1.165, 1.54) is 0 Å². The maximum atomic E-state index is 11.2. The third kappa shape index (κ3) is 1.53. The van der Waals surface area contributed by atoms with E-state index in [4.69, 9.17) is 9.84 Å². The molecule has 70 valence electrons. The van der Waals surface area contributed by atoms with Crippen molar-refractivity contribution in [3.05, 3.63) is 0 Å². The molecule has 4 heteroatoms. The van der Waals surface area contributed by atoms with E-state index in [-0.39, 0.29) is 18.7 Å². The minimum atomic E-state index is -0.707. The van der Waals surface area contributed by atoms with Crippen molar-refractivity contribution in [2.45, 2.75) is 32.4 Å². The molecule has 0 aliphatic carbocycles. The molecule has 1 atom stereocenters. The molecular formula is C8H15NO3. The number of carbonyl (C=O) groups excluding carboxylic acids is 1. The van der Waals surface area contributed by atoms with Crippen molar-refractivity contribution < 1.29 is 14.6 Å². The molecule has 0 aromatic heterocycles. The summed E-state index contributed by atoms with van der Waals surface area (Å²) in [4.78, 5) is 12.8. The van der Waals surface area contributed by atoms with Crippen LogP contribution in [0.3, 0.4) is 0 Å². The fraction of sp³-hybridized carbons (Fsp3) is 0.875. The molecule has 1 amide bonds. The highest BCUT2D eigenvalue weighted by molar-refractivity contribution is 5.71. The standard InChI is InChI=1S/C8H15NO3/c1-6(2)9-4-8(3,5-10)12-7(9)11/h6,10H,4-5H2,1-3H3. The molecule has 4 nitrogen and oxygen atoms in total. The summed E-state index contributed by atoms with van der Waals surface area (Å²) >= 11 is 0. The average molecular weight is 173 g/mol. The molecule has 0 bridgehead atoms. The molecule has 1 aliphatic rings. The van der Waals surface area contributed by atoms with Gasteiger partial charge in [0, 0.05) is 6.04 Å². The summed E-state index contributed by atoms with van der Waals surface area (Å²) in [5.41, 5.74) is -0.707. The number of rotatable bonds is 2. The highest BCUT2D eigenvalue weighted by Crippen LogP contribution is 2.23. The van der Waals surface area contributed by atoms with Crippen LogP contribution < -0.4 is 0 Å². The molecule has 12 heavy (non-hydrogen) atoms. The molecule has 1 rings (SSSR count). The number of ether oxygens (including phenoxy) is 1. The zero-order chi connectivity index (χ0) is 9.35. The molecule has 0 spiro atoms. The first-order valence-electron chi connectivity index (χ1n) is 4.09. The van der Waals surface area contributed by atoms with Crippen molar-refractivity contribution in [1.82, 2.24) is 4.90 Å². The second-order valence-corrected chi connectivity index (χ2v) is 3.70. The first-order valence-corrected chi connectivity index (χ1v) is 4.09. The van der Waals surface area contributed by atoms with Crippen LogP contribution in [0.4, 0.5) is 4.79 Å². The predicted molar refractivity (Wildman–Crippen MR) is 43.8 cm³/mol. The van der Waals surface area contributed by atoms with Crippen molar-refractivity contribution in [3.63, 3.8) is 0 Å². The number of nitrogens with zero attached hydrogens (tertiary/aromatic N) is 1. The molecular weight excluding hydrogens is 158 g/mol. The number of hydrogen-bond acceptors (Lipinski definition) is 3. The van der Waals surface area contributed by atoms with Gasteiger partial charge in [0.15, 0.2) is 5.60 Å². The number of cyclic esters (lactones) is 1. The van der Waals surface area contributed by atoms with Gasteiger partial charge in [-0.2, -0.15) is 0 Å². The first-order chi connectivity index (χ1) is 5.48. The number of hydrogen-bond donors (Lipinski definition) is 1. The van der Waals surface area contributed by atoms with Crippen LogP contribution in [0.1, 0.15) is 20.8 Å². The molecule has 0 aromatic rings. The van der Waals surface area contributed by atoms with Gasteiger partial charge in [0.05, 0.1) is 13.2 Å². The van der Waals surface area contributed by atoms with Crippen LogP contribution >= 0.6 is 0 Å². The van der Waals surface area contributed by atoms with Crippen LogP contribution in [0.15, 0.2) is 0 Å². The highest BCUT2D eigenvalue weighted by atomic mass is 16.6. The van der Waals surface area contributed by atoms with Crippen LogP contribution in [-0.4, -0.2) is 40.9 Å². The van der Waals surface area contributed by atoms with E-state index in [0.29, 0.717) is 6.54 Å². The molecule has 1 aliphatic heterocycles. The highest BCUT2D eigenvalue weighted by Gasteiger charge is 2.41. The van der Waals surface area contributed by atoms with Gasteiger partial charge in [-0.05, 0) is 20.8 Å². The van der Waals surface area contributed by atoms with Crippen molar-refractivity contribution in [2.75, 3.05) is 13.2 Å². The van der Waals surface area contributed by atoms with E-state index < -0.39 is 5.60 Å². The van der Waals surface area contributed by atoms with Gasteiger partial charge >= 0.3 is 6.09 Å².